The lowest BCUT2D eigenvalue weighted by molar-refractivity contribution is -0.135. The molecule has 0 unspecified atom stereocenters. The van der Waals surface area contributed by atoms with Crippen LogP contribution in [-0.2, 0) is 24.0 Å². The molecule has 0 bridgehead atoms. The second-order valence-corrected chi connectivity index (χ2v) is 9.15. The van der Waals surface area contributed by atoms with Crippen molar-refractivity contribution in [2.24, 2.45) is 0 Å². The molecule has 0 atom stereocenters. The van der Waals surface area contributed by atoms with Crippen LogP contribution < -0.4 is 15.5 Å². The number of carbonyl (C=O) groups excluding carboxylic acids is 6. The normalized spacial score (nSPS) is 17.4. The number of benzene rings is 1. The van der Waals surface area contributed by atoms with Crippen LogP contribution in [-0.4, -0.2) is 98.1 Å². The number of fused-ring (bicyclic) bond motifs is 1. The SMILES string of the molecule is CN(C)C=O.CN(C)C=O.O=C1CN(C(=O)CN2C(=O)NC3(CCCCC3)C2=O)c2ccccc2N1. The summed E-state index contributed by atoms with van der Waals surface area (Å²) in [5.74, 6) is -1.09. The average molecular weight is 503 g/mol. The van der Waals surface area contributed by atoms with Gasteiger partial charge in [-0.25, -0.2) is 4.79 Å². The van der Waals surface area contributed by atoms with Crippen LogP contribution in [0.5, 0.6) is 0 Å². The third kappa shape index (κ3) is 7.03. The molecule has 1 aliphatic carbocycles. The zero-order valence-electron chi connectivity index (χ0n) is 21.2. The molecule has 2 N–H and O–H groups in total. The number of nitrogens with zero attached hydrogens (tertiary/aromatic N) is 4. The number of hydrogen-bond donors (Lipinski definition) is 2. The number of amides is 7. The van der Waals surface area contributed by atoms with E-state index >= 15 is 0 Å². The van der Waals surface area contributed by atoms with Gasteiger partial charge < -0.3 is 20.4 Å². The van der Waals surface area contributed by atoms with Gasteiger partial charge in [0.25, 0.3) is 5.91 Å². The first-order valence-corrected chi connectivity index (χ1v) is 11.6. The molecule has 36 heavy (non-hydrogen) atoms. The molecule has 4 rings (SSSR count). The average Bonchev–Trinajstić information content (AvgIpc) is 3.08. The molecule has 1 saturated carbocycles. The third-order valence-corrected chi connectivity index (χ3v) is 5.74. The number of anilines is 2. The van der Waals surface area contributed by atoms with Crippen molar-refractivity contribution in [2.45, 2.75) is 37.6 Å². The number of imide groups is 1. The molecule has 2 heterocycles. The van der Waals surface area contributed by atoms with Crippen LogP contribution in [0.25, 0.3) is 0 Å². The van der Waals surface area contributed by atoms with Gasteiger partial charge in [-0.05, 0) is 25.0 Å². The Morgan fingerprint density at radius 1 is 0.972 bits per heavy atom. The Morgan fingerprint density at radius 2 is 1.53 bits per heavy atom. The Balaban J connectivity index is 0.000000389. The van der Waals surface area contributed by atoms with Gasteiger partial charge in [-0.3, -0.25) is 33.8 Å². The molecule has 1 aromatic carbocycles. The summed E-state index contributed by atoms with van der Waals surface area (Å²) in [4.78, 5) is 73.9. The molecule has 196 valence electrons. The standard InChI is InChI=1S/C18H20N4O4.2C3H7NO/c23-14-10-21(13-7-3-2-6-12(13)19-14)15(24)11-22-16(25)18(20-17(22)26)8-4-1-5-9-18;2*1-4(2)3-5/h2-3,6-7H,1,4-5,8-11H2,(H,19,23)(H,20,26);2*3H,1-2H3. The fraction of sp³-hybridized carbons (Fsp3) is 0.500. The van der Waals surface area contributed by atoms with Crippen molar-refractivity contribution in [1.29, 1.82) is 0 Å². The number of rotatable bonds is 4. The lowest BCUT2D eigenvalue weighted by atomic mass is 9.82. The number of carbonyl (C=O) groups is 6. The smallest absolute Gasteiger partial charge is 0.325 e. The van der Waals surface area contributed by atoms with Crippen molar-refractivity contribution in [3.8, 4) is 0 Å². The van der Waals surface area contributed by atoms with E-state index < -0.39 is 17.5 Å². The van der Waals surface area contributed by atoms with Gasteiger partial charge in [0.2, 0.25) is 24.6 Å². The lowest BCUT2D eigenvalue weighted by Crippen LogP contribution is -2.50. The summed E-state index contributed by atoms with van der Waals surface area (Å²) in [5, 5.41) is 5.50. The van der Waals surface area contributed by atoms with E-state index in [-0.39, 0.29) is 24.9 Å². The van der Waals surface area contributed by atoms with Crippen molar-refractivity contribution >= 4 is 47.9 Å². The van der Waals surface area contributed by atoms with Crippen molar-refractivity contribution in [2.75, 3.05) is 51.5 Å². The van der Waals surface area contributed by atoms with E-state index in [1.54, 1.807) is 52.5 Å². The van der Waals surface area contributed by atoms with E-state index in [9.17, 15) is 28.8 Å². The first-order chi connectivity index (χ1) is 17.0. The quantitative estimate of drug-likeness (QED) is 0.457. The molecule has 2 fully saturated rings. The maximum atomic E-state index is 12.8. The largest absolute Gasteiger partial charge is 0.351 e. The third-order valence-electron chi connectivity index (χ3n) is 5.74. The molecule has 12 heteroatoms. The van der Waals surface area contributed by atoms with Gasteiger partial charge in [-0.1, -0.05) is 31.4 Å². The van der Waals surface area contributed by atoms with Gasteiger partial charge in [0, 0.05) is 28.2 Å². The van der Waals surface area contributed by atoms with Crippen molar-refractivity contribution in [1.82, 2.24) is 20.0 Å². The Kier molecular flexibility index (Phi) is 9.94. The molecule has 7 amide bonds. The van der Waals surface area contributed by atoms with Crippen LogP contribution in [0.3, 0.4) is 0 Å². The monoisotopic (exact) mass is 502 g/mol. The molecular formula is C24H34N6O6. The van der Waals surface area contributed by atoms with Crippen molar-refractivity contribution < 1.29 is 28.8 Å². The molecular weight excluding hydrogens is 468 g/mol. The lowest BCUT2D eigenvalue weighted by Gasteiger charge is -2.31. The van der Waals surface area contributed by atoms with Gasteiger partial charge in [-0.15, -0.1) is 0 Å². The minimum Gasteiger partial charge on any atom is -0.351 e. The van der Waals surface area contributed by atoms with Gasteiger partial charge in [-0.2, -0.15) is 0 Å². The van der Waals surface area contributed by atoms with E-state index in [4.69, 9.17) is 0 Å². The van der Waals surface area contributed by atoms with Crippen LogP contribution in [0.2, 0.25) is 0 Å². The highest BCUT2D eigenvalue weighted by Gasteiger charge is 2.52. The topological polar surface area (TPSA) is 139 Å². The van der Waals surface area contributed by atoms with E-state index in [1.165, 1.54) is 14.7 Å². The predicted molar refractivity (Wildman–Crippen MR) is 133 cm³/mol. The Morgan fingerprint density at radius 3 is 2.08 bits per heavy atom. The first-order valence-electron chi connectivity index (χ1n) is 11.6. The van der Waals surface area contributed by atoms with Gasteiger partial charge >= 0.3 is 6.03 Å². The number of hydrogen-bond acceptors (Lipinski definition) is 6. The number of nitrogens with one attached hydrogen (secondary N) is 2. The Labute approximate surface area is 210 Å². The zero-order chi connectivity index (χ0) is 26.9. The van der Waals surface area contributed by atoms with Crippen LogP contribution in [0.4, 0.5) is 16.2 Å². The highest BCUT2D eigenvalue weighted by atomic mass is 16.2. The van der Waals surface area contributed by atoms with Crippen molar-refractivity contribution in [3.05, 3.63) is 24.3 Å². The van der Waals surface area contributed by atoms with Gasteiger partial charge in [0.05, 0.1) is 11.4 Å². The zero-order valence-corrected chi connectivity index (χ0v) is 21.2. The van der Waals surface area contributed by atoms with E-state index in [0.717, 1.165) is 37.0 Å². The molecule has 1 saturated heterocycles. The van der Waals surface area contributed by atoms with Gasteiger partial charge in [0.15, 0.2) is 0 Å². The number of urea groups is 1. The highest BCUT2D eigenvalue weighted by molar-refractivity contribution is 6.14. The molecule has 12 nitrogen and oxygen atoms in total. The van der Waals surface area contributed by atoms with E-state index in [0.29, 0.717) is 24.2 Å². The Bertz CT molecular complexity index is 977. The summed E-state index contributed by atoms with van der Waals surface area (Å²) in [7, 11) is 6.75. The fourth-order valence-electron chi connectivity index (χ4n) is 3.99. The van der Waals surface area contributed by atoms with Crippen LogP contribution in [0.1, 0.15) is 32.1 Å². The van der Waals surface area contributed by atoms with Crippen LogP contribution in [0.15, 0.2) is 24.3 Å². The summed E-state index contributed by atoms with van der Waals surface area (Å²) in [5.41, 5.74) is 0.252. The second-order valence-electron chi connectivity index (χ2n) is 9.15. The second kappa shape index (κ2) is 12.7. The minimum atomic E-state index is -0.854. The molecule has 1 spiro atoms. The summed E-state index contributed by atoms with van der Waals surface area (Å²) in [6.45, 7) is -0.501. The predicted octanol–water partition coefficient (Wildman–Crippen LogP) is 0.635. The molecule has 0 radical (unpaired) electrons. The molecule has 1 aromatic rings. The highest BCUT2D eigenvalue weighted by Crippen LogP contribution is 2.34. The summed E-state index contributed by atoms with van der Waals surface area (Å²) < 4.78 is 0. The van der Waals surface area contributed by atoms with Crippen molar-refractivity contribution in [3.63, 3.8) is 0 Å². The number of para-hydroxylation sites is 2. The minimum absolute atomic E-state index is 0.134. The van der Waals surface area contributed by atoms with E-state index in [1.807, 2.05) is 0 Å². The maximum Gasteiger partial charge on any atom is 0.325 e. The maximum absolute atomic E-state index is 12.8. The summed E-state index contributed by atoms with van der Waals surface area (Å²) in [6.07, 6.45) is 5.53. The van der Waals surface area contributed by atoms with E-state index in [2.05, 4.69) is 10.6 Å². The van der Waals surface area contributed by atoms with Crippen LogP contribution >= 0.6 is 0 Å². The van der Waals surface area contributed by atoms with Gasteiger partial charge in [0.1, 0.15) is 18.6 Å². The summed E-state index contributed by atoms with van der Waals surface area (Å²) >= 11 is 0. The first kappa shape index (κ1) is 28.3. The molecule has 0 aromatic heterocycles. The molecule has 2 aliphatic heterocycles. The van der Waals surface area contributed by atoms with Crippen LogP contribution in [0, 0.1) is 0 Å². The Hall–Kier alpha value is -3.96. The summed E-state index contributed by atoms with van der Waals surface area (Å²) in [6, 6.07) is 6.43. The fourth-order valence-corrected chi connectivity index (χ4v) is 3.99. The molecule has 3 aliphatic rings.